The van der Waals surface area contributed by atoms with Gasteiger partial charge >= 0.3 is 5.97 Å². The maximum Gasteiger partial charge on any atom is 0.308 e. The van der Waals surface area contributed by atoms with Gasteiger partial charge in [0, 0.05) is 30.6 Å². The highest BCUT2D eigenvalue weighted by molar-refractivity contribution is 6.04. The lowest BCUT2D eigenvalue weighted by Crippen LogP contribution is -2.27. The molecule has 6 heteroatoms. The first kappa shape index (κ1) is 19.2. The average molecular weight is 354 g/mol. The van der Waals surface area contributed by atoms with Crippen molar-refractivity contribution < 1.29 is 19.1 Å². The van der Waals surface area contributed by atoms with Crippen molar-refractivity contribution in [2.75, 3.05) is 5.32 Å². The third-order valence-electron chi connectivity index (χ3n) is 3.53. The van der Waals surface area contributed by atoms with Gasteiger partial charge in [0.05, 0.1) is 0 Å². The number of nitrogens with one attached hydrogen (secondary N) is 2. The highest BCUT2D eigenvalue weighted by atomic mass is 16.5. The molecule has 0 saturated heterocycles. The summed E-state index contributed by atoms with van der Waals surface area (Å²) in [6.07, 6.45) is 0. The molecule has 2 aromatic carbocycles. The number of esters is 1. The van der Waals surface area contributed by atoms with Gasteiger partial charge < -0.3 is 15.4 Å². The van der Waals surface area contributed by atoms with Gasteiger partial charge in [0.15, 0.2) is 0 Å². The molecule has 2 aromatic rings. The standard InChI is InChI=1S/C20H22N2O4/c1-13(2)19(24)21-12-15-6-4-8-17(10-15)22-20(25)16-7-5-9-18(11-16)26-14(3)23/h4-11,13H,12H2,1-3H3,(H,21,24)(H,22,25). The van der Waals surface area contributed by atoms with E-state index in [4.69, 9.17) is 4.74 Å². The Morgan fingerprint density at radius 3 is 2.46 bits per heavy atom. The Morgan fingerprint density at radius 1 is 1.04 bits per heavy atom. The van der Waals surface area contributed by atoms with Gasteiger partial charge in [-0.25, -0.2) is 0 Å². The van der Waals surface area contributed by atoms with Crippen LogP contribution in [0, 0.1) is 5.92 Å². The van der Waals surface area contributed by atoms with Crippen LogP contribution < -0.4 is 15.4 Å². The quantitative estimate of drug-likeness (QED) is 0.616. The van der Waals surface area contributed by atoms with E-state index in [0.29, 0.717) is 23.5 Å². The average Bonchev–Trinajstić information content (AvgIpc) is 2.59. The lowest BCUT2D eigenvalue weighted by molar-refractivity contribution is -0.132. The Bertz CT molecular complexity index is 815. The van der Waals surface area contributed by atoms with Crippen LogP contribution in [0.4, 0.5) is 5.69 Å². The van der Waals surface area contributed by atoms with Crippen LogP contribution in [-0.4, -0.2) is 17.8 Å². The summed E-state index contributed by atoms with van der Waals surface area (Å²) in [6.45, 7) is 5.35. The zero-order chi connectivity index (χ0) is 19.1. The summed E-state index contributed by atoms with van der Waals surface area (Å²) >= 11 is 0. The number of hydrogen-bond donors (Lipinski definition) is 2. The topological polar surface area (TPSA) is 84.5 Å². The van der Waals surface area contributed by atoms with E-state index < -0.39 is 5.97 Å². The molecule has 0 bridgehead atoms. The van der Waals surface area contributed by atoms with Crippen LogP contribution in [0.15, 0.2) is 48.5 Å². The Kier molecular flexibility index (Phi) is 6.49. The van der Waals surface area contributed by atoms with Gasteiger partial charge in [-0.05, 0) is 35.9 Å². The Balaban J connectivity index is 2.04. The lowest BCUT2D eigenvalue weighted by Gasteiger charge is -2.10. The third-order valence-corrected chi connectivity index (χ3v) is 3.53. The molecule has 0 atom stereocenters. The molecule has 2 amide bonds. The number of anilines is 1. The Morgan fingerprint density at radius 2 is 1.77 bits per heavy atom. The van der Waals surface area contributed by atoms with Crippen molar-refractivity contribution in [2.45, 2.75) is 27.3 Å². The highest BCUT2D eigenvalue weighted by Gasteiger charge is 2.10. The highest BCUT2D eigenvalue weighted by Crippen LogP contribution is 2.16. The van der Waals surface area contributed by atoms with Gasteiger partial charge in [-0.1, -0.05) is 32.0 Å². The summed E-state index contributed by atoms with van der Waals surface area (Å²) in [7, 11) is 0. The van der Waals surface area contributed by atoms with Crippen LogP contribution in [0.2, 0.25) is 0 Å². The Hall–Kier alpha value is -3.15. The van der Waals surface area contributed by atoms with Gasteiger partial charge in [0.2, 0.25) is 5.91 Å². The van der Waals surface area contributed by atoms with Crippen molar-refractivity contribution in [2.24, 2.45) is 5.92 Å². The molecule has 0 aromatic heterocycles. The zero-order valence-corrected chi connectivity index (χ0v) is 15.0. The van der Waals surface area contributed by atoms with Crippen LogP contribution in [0.3, 0.4) is 0 Å². The molecule has 0 saturated carbocycles. The van der Waals surface area contributed by atoms with E-state index in [-0.39, 0.29) is 17.7 Å². The maximum atomic E-state index is 12.4. The normalized spacial score (nSPS) is 10.3. The van der Waals surface area contributed by atoms with Gasteiger partial charge in [-0.3, -0.25) is 14.4 Å². The minimum Gasteiger partial charge on any atom is -0.427 e. The summed E-state index contributed by atoms with van der Waals surface area (Å²) in [6, 6.07) is 13.6. The molecule has 2 rings (SSSR count). The molecular formula is C20H22N2O4. The van der Waals surface area contributed by atoms with Crippen LogP contribution in [0.25, 0.3) is 0 Å². The van der Waals surface area contributed by atoms with Crippen molar-refractivity contribution >= 4 is 23.5 Å². The minimum atomic E-state index is -0.446. The number of carbonyl (C=O) groups excluding carboxylic acids is 3. The largest absolute Gasteiger partial charge is 0.427 e. The maximum absolute atomic E-state index is 12.4. The fourth-order valence-corrected chi connectivity index (χ4v) is 2.22. The second kappa shape index (κ2) is 8.80. The number of carbonyl (C=O) groups is 3. The van der Waals surface area contributed by atoms with Gasteiger partial charge in [0.25, 0.3) is 5.91 Å². The predicted octanol–water partition coefficient (Wildman–Crippen LogP) is 3.14. The van der Waals surface area contributed by atoms with Crippen molar-refractivity contribution in [3.63, 3.8) is 0 Å². The second-order valence-electron chi connectivity index (χ2n) is 6.15. The fraction of sp³-hybridized carbons (Fsp3) is 0.250. The molecule has 0 aliphatic heterocycles. The zero-order valence-electron chi connectivity index (χ0n) is 15.0. The van der Waals surface area contributed by atoms with E-state index in [1.807, 2.05) is 26.0 Å². The molecule has 0 heterocycles. The summed E-state index contributed by atoms with van der Waals surface area (Å²) in [5.74, 6) is -0.555. The van der Waals surface area contributed by atoms with Crippen LogP contribution in [-0.2, 0) is 16.1 Å². The molecule has 136 valence electrons. The number of amides is 2. The van der Waals surface area contributed by atoms with E-state index in [9.17, 15) is 14.4 Å². The molecule has 0 aliphatic carbocycles. The summed E-state index contributed by atoms with van der Waals surface area (Å²) in [4.78, 5) is 35.1. The van der Waals surface area contributed by atoms with Crippen molar-refractivity contribution in [1.82, 2.24) is 5.32 Å². The minimum absolute atomic E-state index is 0.0262. The summed E-state index contributed by atoms with van der Waals surface area (Å²) in [5, 5.41) is 5.63. The molecular weight excluding hydrogens is 332 g/mol. The SMILES string of the molecule is CC(=O)Oc1cccc(C(=O)Nc2cccc(CNC(=O)C(C)C)c2)c1. The molecule has 6 nitrogen and oxygen atoms in total. The van der Waals surface area contributed by atoms with Gasteiger partial charge in [0.1, 0.15) is 5.75 Å². The van der Waals surface area contributed by atoms with Gasteiger partial charge in [-0.15, -0.1) is 0 Å². The molecule has 0 fully saturated rings. The Labute approximate surface area is 152 Å². The predicted molar refractivity (Wildman–Crippen MR) is 98.8 cm³/mol. The first-order chi connectivity index (χ1) is 12.3. The number of rotatable bonds is 6. The fourth-order valence-electron chi connectivity index (χ4n) is 2.22. The first-order valence-electron chi connectivity index (χ1n) is 8.31. The lowest BCUT2D eigenvalue weighted by atomic mass is 10.1. The molecule has 0 radical (unpaired) electrons. The molecule has 0 aliphatic rings. The van der Waals surface area contributed by atoms with Gasteiger partial charge in [-0.2, -0.15) is 0 Å². The monoisotopic (exact) mass is 354 g/mol. The third kappa shape index (κ3) is 5.73. The number of ether oxygens (including phenoxy) is 1. The van der Waals surface area contributed by atoms with E-state index >= 15 is 0 Å². The van der Waals surface area contributed by atoms with E-state index in [1.165, 1.54) is 13.0 Å². The van der Waals surface area contributed by atoms with Crippen LogP contribution in [0.5, 0.6) is 5.75 Å². The van der Waals surface area contributed by atoms with E-state index in [0.717, 1.165) is 5.56 Å². The smallest absolute Gasteiger partial charge is 0.308 e. The van der Waals surface area contributed by atoms with E-state index in [1.54, 1.807) is 30.3 Å². The summed E-state index contributed by atoms with van der Waals surface area (Å²) in [5.41, 5.74) is 1.87. The summed E-state index contributed by atoms with van der Waals surface area (Å²) < 4.78 is 4.99. The molecule has 2 N–H and O–H groups in total. The van der Waals surface area contributed by atoms with Crippen LogP contribution in [0.1, 0.15) is 36.7 Å². The van der Waals surface area contributed by atoms with Crippen molar-refractivity contribution in [1.29, 1.82) is 0 Å². The van der Waals surface area contributed by atoms with Crippen molar-refractivity contribution in [3.05, 3.63) is 59.7 Å². The molecule has 26 heavy (non-hydrogen) atoms. The first-order valence-corrected chi connectivity index (χ1v) is 8.31. The second-order valence-corrected chi connectivity index (χ2v) is 6.15. The molecule has 0 spiro atoms. The number of hydrogen-bond acceptors (Lipinski definition) is 4. The molecule has 0 unspecified atom stereocenters. The van der Waals surface area contributed by atoms with E-state index in [2.05, 4.69) is 10.6 Å². The van der Waals surface area contributed by atoms with Crippen molar-refractivity contribution in [3.8, 4) is 5.75 Å². The van der Waals surface area contributed by atoms with Crippen LogP contribution >= 0.6 is 0 Å². The number of benzene rings is 2.